The summed E-state index contributed by atoms with van der Waals surface area (Å²) < 4.78 is 0. The van der Waals surface area contributed by atoms with Crippen LogP contribution in [0.2, 0.25) is 0 Å². The van der Waals surface area contributed by atoms with Crippen LogP contribution in [0.5, 0.6) is 0 Å². The van der Waals surface area contributed by atoms with Gasteiger partial charge in [0.1, 0.15) is 0 Å². The van der Waals surface area contributed by atoms with Gasteiger partial charge in [-0.2, -0.15) is 0 Å². The monoisotopic (exact) mass is 302 g/mol. The maximum absolute atomic E-state index is 2.66. The Bertz CT molecular complexity index is 377. The smallest absolute Gasteiger partial charge is 0.0323 e. The molecule has 0 nitrogen and oxygen atoms in total. The molecule has 0 radical (unpaired) electrons. The molecule has 0 aromatic carbocycles. The molecule has 4 aliphatic carbocycles. The second kappa shape index (κ2) is 6.14. The lowest BCUT2D eigenvalue weighted by atomic mass is 9.60. The van der Waals surface area contributed by atoms with Crippen molar-refractivity contribution in [2.24, 2.45) is 40.9 Å². The van der Waals surface area contributed by atoms with Gasteiger partial charge in [-0.05, 0) is 85.9 Å². The van der Waals surface area contributed by atoms with Gasteiger partial charge >= 0.3 is 0 Å². The third-order valence-electron chi connectivity index (χ3n) is 8.75. The third-order valence-corrected chi connectivity index (χ3v) is 8.75. The van der Waals surface area contributed by atoms with E-state index in [1.807, 2.05) is 0 Å². The normalized spacial score (nSPS) is 47.7. The van der Waals surface area contributed by atoms with Crippen molar-refractivity contribution >= 4 is 0 Å². The van der Waals surface area contributed by atoms with E-state index in [-0.39, 0.29) is 0 Å². The number of fused-ring (bicyclic) bond motifs is 3. The first-order chi connectivity index (χ1) is 10.7. The number of rotatable bonds is 2. The van der Waals surface area contributed by atoms with Crippen LogP contribution in [0.4, 0.5) is 0 Å². The summed E-state index contributed by atoms with van der Waals surface area (Å²) in [7, 11) is 0. The average Bonchev–Trinajstić information content (AvgIpc) is 2.90. The molecule has 0 saturated heterocycles. The highest BCUT2D eigenvalue weighted by molar-refractivity contribution is 4.99. The predicted molar refractivity (Wildman–Crippen MR) is 94.7 cm³/mol. The predicted octanol–water partition coefficient (Wildman–Crippen LogP) is 6.84. The fraction of sp³-hybridized carbons (Fsp3) is 1.00. The summed E-state index contributed by atoms with van der Waals surface area (Å²) in [6, 6.07) is 0. The summed E-state index contributed by atoms with van der Waals surface area (Å²) in [5.41, 5.74) is 0.704. The van der Waals surface area contributed by atoms with Crippen LogP contribution >= 0.6 is 0 Å². The van der Waals surface area contributed by atoms with E-state index in [0.29, 0.717) is 5.41 Å². The van der Waals surface area contributed by atoms with E-state index in [2.05, 4.69) is 13.8 Å². The zero-order valence-electron chi connectivity index (χ0n) is 15.2. The first kappa shape index (κ1) is 15.5. The molecule has 126 valence electrons. The van der Waals surface area contributed by atoms with Gasteiger partial charge in [0.2, 0.25) is 0 Å². The van der Waals surface area contributed by atoms with Gasteiger partial charge in [-0.1, -0.05) is 52.4 Å². The lowest BCUT2D eigenvalue weighted by Gasteiger charge is -2.45. The van der Waals surface area contributed by atoms with E-state index in [1.165, 1.54) is 38.5 Å². The van der Waals surface area contributed by atoms with Gasteiger partial charge < -0.3 is 0 Å². The number of hydrogen-bond donors (Lipinski definition) is 0. The molecular formula is C22H38. The fourth-order valence-electron chi connectivity index (χ4n) is 7.52. The van der Waals surface area contributed by atoms with Gasteiger partial charge in [0.25, 0.3) is 0 Å². The molecule has 4 fully saturated rings. The molecule has 0 aromatic rings. The van der Waals surface area contributed by atoms with E-state index in [0.717, 1.165) is 35.5 Å². The van der Waals surface area contributed by atoms with E-state index >= 15 is 0 Å². The minimum Gasteiger partial charge on any atom is -0.0620 e. The van der Waals surface area contributed by atoms with Crippen molar-refractivity contribution in [1.82, 2.24) is 0 Å². The summed E-state index contributed by atoms with van der Waals surface area (Å²) in [5, 5.41) is 0. The molecule has 0 N–H and O–H groups in total. The molecule has 6 unspecified atom stereocenters. The molecule has 0 amide bonds. The van der Waals surface area contributed by atoms with Gasteiger partial charge in [0.05, 0.1) is 0 Å². The van der Waals surface area contributed by atoms with Crippen LogP contribution in [0.25, 0.3) is 0 Å². The summed E-state index contributed by atoms with van der Waals surface area (Å²) in [6.45, 7) is 5.28. The van der Waals surface area contributed by atoms with Gasteiger partial charge in [-0.3, -0.25) is 0 Å². The van der Waals surface area contributed by atoms with Crippen LogP contribution in [0.15, 0.2) is 0 Å². The fourth-order valence-corrected chi connectivity index (χ4v) is 7.52. The van der Waals surface area contributed by atoms with Crippen molar-refractivity contribution in [3.8, 4) is 0 Å². The number of hydrogen-bond acceptors (Lipinski definition) is 0. The molecule has 0 heteroatoms. The average molecular weight is 303 g/mol. The Morgan fingerprint density at radius 1 is 0.773 bits per heavy atom. The zero-order chi connectivity index (χ0) is 15.2. The Kier molecular flexibility index (Phi) is 4.33. The Morgan fingerprint density at radius 2 is 1.55 bits per heavy atom. The first-order valence-electron chi connectivity index (χ1n) is 10.7. The summed E-state index contributed by atoms with van der Waals surface area (Å²) in [5.74, 6) is 6.62. The van der Waals surface area contributed by atoms with Crippen molar-refractivity contribution in [2.45, 2.75) is 97.3 Å². The molecule has 22 heavy (non-hydrogen) atoms. The van der Waals surface area contributed by atoms with Gasteiger partial charge in [-0.25, -0.2) is 0 Å². The Hall–Kier alpha value is 0. The Morgan fingerprint density at radius 3 is 2.36 bits per heavy atom. The molecule has 4 aliphatic rings. The van der Waals surface area contributed by atoms with Crippen LogP contribution in [-0.2, 0) is 0 Å². The van der Waals surface area contributed by atoms with Crippen LogP contribution in [0.1, 0.15) is 97.3 Å². The highest BCUT2D eigenvalue weighted by atomic mass is 14.5. The molecule has 0 aliphatic heterocycles. The quantitative estimate of drug-likeness (QED) is 0.524. The van der Waals surface area contributed by atoms with E-state index in [9.17, 15) is 0 Å². The molecule has 4 saturated carbocycles. The van der Waals surface area contributed by atoms with Gasteiger partial charge in [-0.15, -0.1) is 0 Å². The molecule has 0 bridgehead atoms. The largest absolute Gasteiger partial charge is 0.0620 e. The van der Waals surface area contributed by atoms with Crippen molar-refractivity contribution in [2.75, 3.05) is 0 Å². The minimum atomic E-state index is 0.704. The highest BCUT2D eigenvalue weighted by Crippen LogP contribution is 2.58. The summed E-state index contributed by atoms with van der Waals surface area (Å²) in [6.07, 6.45) is 20.1. The standard InChI is InChI=1S/C22H38/c1-16-18(15-22(2)12-6-3-7-13-22)10-11-20-19-9-5-4-8-17(19)14-21(16)20/h16-21H,3-15H2,1-2H3. The molecule has 0 heterocycles. The van der Waals surface area contributed by atoms with Crippen molar-refractivity contribution in [3.63, 3.8) is 0 Å². The Balaban J connectivity index is 1.42. The van der Waals surface area contributed by atoms with Crippen LogP contribution in [-0.4, -0.2) is 0 Å². The van der Waals surface area contributed by atoms with Gasteiger partial charge in [0.15, 0.2) is 0 Å². The van der Waals surface area contributed by atoms with E-state index < -0.39 is 0 Å². The minimum absolute atomic E-state index is 0.704. The lowest BCUT2D eigenvalue weighted by molar-refractivity contribution is 0.0532. The van der Waals surface area contributed by atoms with E-state index in [1.54, 1.807) is 44.9 Å². The second-order valence-electron chi connectivity index (χ2n) is 10.0. The molecular weight excluding hydrogens is 264 g/mol. The summed E-state index contributed by atoms with van der Waals surface area (Å²) in [4.78, 5) is 0. The lowest BCUT2D eigenvalue weighted by Crippen LogP contribution is -2.35. The summed E-state index contributed by atoms with van der Waals surface area (Å²) >= 11 is 0. The molecule has 6 atom stereocenters. The van der Waals surface area contributed by atoms with E-state index in [4.69, 9.17) is 0 Å². The topological polar surface area (TPSA) is 0 Å². The maximum atomic E-state index is 2.66. The zero-order valence-corrected chi connectivity index (χ0v) is 15.2. The Labute approximate surface area is 138 Å². The highest BCUT2D eigenvalue weighted by Gasteiger charge is 2.49. The van der Waals surface area contributed by atoms with Crippen molar-refractivity contribution < 1.29 is 0 Å². The SMILES string of the molecule is CC1C(CC2(C)CCCCC2)CCC2C3CCCCC3CC12. The molecule has 0 aromatic heterocycles. The molecule has 4 rings (SSSR count). The first-order valence-corrected chi connectivity index (χ1v) is 10.7. The van der Waals surface area contributed by atoms with Gasteiger partial charge in [0, 0.05) is 0 Å². The van der Waals surface area contributed by atoms with Crippen LogP contribution < -0.4 is 0 Å². The van der Waals surface area contributed by atoms with Crippen molar-refractivity contribution in [3.05, 3.63) is 0 Å². The molecule has 0 spiro atoms. The third kappa shape index (κ3) is 2.78. The second-order valence-corrected chi connectivity index (χ2v) is 10.0. The van der Waals surface area contributed by atoms with Crippen LogP contribution in [0.3, 0.4) is 0 Å². The maximum Gasteiger partial charge on any atom is -0.0323 e. The van der Waals surface area contributed by atoms with Crippen molar-refractivity contribution in [1.29, 1.82) is 0 Å². The van der Waals surface area contributed by atoms with Crippen LogP contribution in [0, 0.1) is 40.9 Å².